The van der Waals surface area contributed by atoms with Gasteiger partial charge in [-0.05, 0) is 36.2 Å². The first-order chi connectivity index (χ1) is 12.2. The number of hydrogen-bond acceptors (Lipinski definition) is 6. The molecule has 0 aliphatic rings. The number of pyridine rings is 1. The lowest BCUT2D eigenvalue weighted by molar-refractivity contribution is 0.415. The van der Waals surface area contributed by atoms with Crippen LogP contribution in [0.5, 0.6) is 5.75 Å². The summed E-state index contributed by atoms with van der Waals surface area (Å²) in [5.74, 6) is 2.41. The fourth-order valence-corrected chi connectivity index (χ4v) is 2.43. The topological polar surface area (TPSA) is 63.2 Å². The van der Waals surface area contributed by atoms with Crippen molar-refractivity contribution in [2.24, 2.45) is 0 Å². The number of nitrogens with one attached hydrogen (secondary N) is 1. The zero-order chi connectivity index (χ0) is 17.5. The van der Waals surface area contributed by atoms with E-state index in [2.05, 4.69) is 25.2 Å². The van der Waals surface area contributed by atoms with Gasteiger partial charge in [-0.15, -0.1) is 0 Å². The molecule has 0 aliphatic carbocycles. The molecule has 0 fully saturated rings. The molecule has 1 aromatic carbocycles. The number of nitrogens with zero attached hydrogens (tertiary/aromatic N) is 4. The molecule has 0 saturated carbocycles. The minimum atomic E-state index is 0.744. The maximum Gasteiger partial charge on any atom is 0.135 e. The van der Waals surface area contributed by atoms with Crippen molar-refractivity contribution >= 4 is 17.3 Å². The van der Waals surface area contributed by atoms with Crippen molar-refractivity contribution in [2.45, 2.75) is 6.42 Å². The van der Waals surface area contributed by atoms with E-state index in [-0.39, 0.29) is 0 Å². The molecule has 0 atom stereocenters. The van der Waals surface area contributed by atoms with Gasteiger partial charge in [0.2, 0.25) is 0 Å². The van der Waals surface area contributed by atoms with Gasteiger partial charge in [-0.25, -0.2) is 9.97 Å². The predicted octanol–water partition coefficient (Wildman–Crippen LogP) is 3.30. The molecule has 1 N–H and O–H groups in total. The van der Waals surface area contributed by atoms with Gasteiger partial charge in [0.25, 0.3) is 0 Å². The van der Waals surface area contributed by atoms with Crippen LogP contribution in [0.3, 0.4) is 0 Å². The van der Waals surface area contributed by atoms with Crippen LogP contribution in [0.1, 0.15) is 5.56 Å². The van der Waals surface area contributed by atoms with Crippen LogP contribution < -0.4 is 15.0 Å². The van der Waals surface area contributed by atoms with Crippen LogP contribution >= 0.6 is 0 Å². The van der Waals surface area contributed by atoms with E-state index in [0.717, 1.165) is 36.0 Å². The number of likely N-dealkylation sites (N-methyl/N-ethyl adjacent to an activating group) is 1. The predicted molar refractivity (Wildman–Crippen MR) is 99.5 cm³/mol. The van der Waals surface area contributed by atoms with Gasteiger partial charge in [0.15, 0.2) is 0 Å². The molecular formula is C19H21N5O. The van der Waals surface area contributed by atoms with Gasteiger partial charge in [-0.3, -0.25) is 4.98 Å². The molecule has 0 amide bonds. The van der Waals surface area contributed by atoms with E-state index in [1.165, 1.54) is 5.56 Å². The van der Waals surface area contributed by atoms with Crippen LogP contribution in [-0.4, -0.2) is 35.7 Å². The number of benzene rings is 1. The van der Waals surface area contributed by atoms with Crippen molar-refractivity contribution in [1.29, 1.82) is 0 Å². The maximum absolute atomic E-state index is 5.24. The highest BCUT2D eigenvalue weighted by atomic mass is 16.5. The number of methoxy groups -OCH3 is 1. The number of anilines is 3. The summed E-state index contributed by atoms with van der Waals surface area (Å²) >= 11 is 0. The zero-order valence-corrected chi connectivity index (χ0v) is 14.4. The largest absolute Gasteiger partial charge is 0.497 e. The Morgan fingerprint density at radius 2 is 1.92 bits per heavy atom. The fourth-order valence-electron chi connectivity index (χ4n) is 2.43. The molecule has 0 unspecified atom stereocenters. The summed E-state index contributed by atoms with van der Waals surface area (Å²) in [5, 5.41) is 3.28. The SMILES string of the molecule is COc1cccc(Nc2cc(N(C)CCc3ccncc3)ncn2)c1. The summed E-state index contributed by atoms with van der Waals surface area (Å²) in [6.45, 7) is 0.861. The van der Waals surface area contributed by atoms with E-state index >= 15 is 0 Å². The van der Waals surface area contributed by atoms with Crippen molar-refractivity contribution < 1.29 is 4.74 Å². The van der Waals surface area contributed by atoms with Gasteiger partial charge < -0.3 is 15.0 Å². The number of aromatic nitrogens is 3. The summed E-state index contributed by atoms with van der Waals surface area (Å²) < 4.78 is 5.24. The average molecular weight is 335 g/mol. The zero-order valence-electron chi connectivity index (χ0n) is 14.4. The molecule has 0 spiro atoms. The van der Waals surface area contributed by atoms with Crippen molar-refractivity contribution in [1.82, 2.24) is 15.0 Å². The van der Waals surface area contributed by atoms with Gasteiger partial charge >= 0.3 is 0 Å². The molecule has 0 radical (unpaired) electrons. The van der Waals surface area contributed by atoms with Crippen molar-refractivity contribution in [3.8, 4) is 5.75 Å². The summed E-state index contributed by atoms with van der Waals surface area (Å²) in [4.78, 5) is 14.8. The van der Waals surface area contributed by atoms with Crippen LogP contribution in [-0.2, 0) is 6.42 Å². The van der Waals surface area contributed by atoms with E-state index in [1.807, 2.05) is 61.9 Å². The highest BCUT2D eigenvalue weighted by Crippen LogP contribution is 2.21. The molecule has 128 valence electrons. The van der Waals surface area contributed by atoms with E-state index < -0.39 is 0 Å². The molecule has 6 heteroatoms. The Labute approximate surface area is 147 Å². The highest BCUT2D eigenvalue weighted by Gasteiger charge is 2.06. The third-order valence-electron chi connectivity index (χ3n) is 3.87. The van der Waals surface area contributed by atoms with Crippen LogP contribution in [0.4, 0.5) is 17.3 Å². The molecular weight excluding hydrogens is 314 g/mol. The molecule has 0 aliphatic heterocycles. The molecule has 6 nitrogen and oxygen atoms in total. The Bertz CT molecular complexity index is 810. The first-order valence-corrected chi connectivity index (χ1v) is 8.08. The summed E-state index contributed by atoms with van der Waals surface area (Å²) in [7, 11) is 3.68. The second-order valence-electron chi connectivity index (χ2n) is 5.65. The maximum atomic E-state index is 5.24. The monoisotopic (exact) mass is 335 g/mol. The third kappa shape index (κ3) is 4.67. The van der Waals surface area contributed by atoms with Crippen molar-refractivity contribution in [2.75, 3.05) is 30.9 Å². The third-order valence-corrected chi connectivity index (χ3v) is 3.87. The molecule has 0 saturated heterocycles. The fraction of sp³-hybridized carbons (Fsp3) is 0.211. The molecule has 3 aromatic rings. The minimum Gasteiger partial charge on any atom is -0.497 e. The Kier molecular flexibility index (Phi) is 5.41. The summed E-state index contributed by atoms with van der Waals surface area (Å²) in [6, 6.07) is 13.7. The first-order valence-electron chi connectivity index (χ1n) is 8.08. The Morgan fingerprint density at radius 1 is 1.08 bits per heavy atom. The van der Waals surface area contributed by atoms with Gasteiger partial charge in [0.05, 0.1) is 7.11 Å². The van der Waals surface area contributed by atoms with Gasteiger partial charge in [0.1, 0.15) is 23.7 Å². The van der Waals surface area contributed by atoms with Crippen molar-refractivity contribution in [3.63, 3.8) is 0 Å². The lowest BCUT2D eigenvalue weighted by atomic mass is 10.2. The van der Waals surface area contributed by atoms with Crippen molar-refractivity contribution in [3.05, 3.63) is 66.7 Å². The number of hydrogen-bond donors (Lipinski definition) is 1. The summed E-state index contributed by atoms with van der Waals surface area (Å²) in [6.07, 6.45) is 6.13. The van der Waals surface area contributed by atoms with E-state index in [0.29, 0.717) is 0 Å². The van der Waals surface area contributed by atoms with Crippen LogP contribution in [0.15, 0.2) is 61.2 Å². The molecule has 2 aromatic heterocycles. The molecule has 0 bridgehead atoms. The summed E-state index contributed by atoms with van der Waals surface area (Å²) in [5.41, 5.74) is 2.18. The molecule has 3 rings (SSSR count). The smallest absolute Gasteiger partial charge is 0.135 e. The van der Waals surface area contributed by atoms with Crippen LogP contribution in [0.2, 0.25) is 0 Å². The van der Waals surface area contributed by atoms with E-state index in [1.54, 1.807) is 13.4 Å². The minimum absolute atomic E-state index is 0.744. The van der Waals surface area contributed by atoms with Gasteiger partial charge in [-0.2, -0.15) is 0 Å². The van der Waals surface area contributed by atoms with Gasteiger partial charge in [-0.1, -0.05) is 6.07 Å². The Hall–Kier alpha value is -3.15. The normalized spacial score (nSPS) is 10.3. The lowest BCUT2D eigenvalue weighted by Gasteiger charge is -2.18. The average Bonchev–Trinajstić information content (AvgIpc) is 2.67. The molecule has 25 heavy (non-hydrogen) atoms. The van der Waals surface area contributed by atoms with Crippen LogP contribution in [0.25, 0.3) is 0 Å². The Morgan fingerprint density at radius 3 is 2.72 bits per heavy atom. The number of rotatable bonds is 7. The van der Waals surface area contributed by atoms with Gasteiger partial charge in [0, 0.05) is 43.8 Å². The lowest BCUT2D eigenvalue weighted by Crippen LogP contribution is -2.21. The number of ether oxygens (including phenoxy) is 1. The second kappa shape index (κ2) is 8.10. The standard InChI is InChI=1S/C19H21N5O/c1-24(11-8-15-6-9-20-10-7-15)19-13-18(21-14-22-19)23-16-4-3-5-17(12-16)25-2/h3-7,9-10,12-14H,8,11H2,1-2H3,(H,21,22,23). The highest BCUT2D eigenvalue weighted by molar-refractivity contribution is 5.60. The first kappa shape index (κ1) is 16.7. The Balaban J connectivity index is 1.66. The molecule has 2 heterocycles. The van der Waals surface area contributed by atoms with E-state index in [9.17, 15) is 0 Å². The van der Waals surface area contributed by atoms with E-state index in [4.69, 9.17) is 4.74 Å². The second-order valence-corrected chi connectivity index (χ2v) is 5.65. The van der Waals surface area contributed by atoms with Crippen LogP contribution in [0, 0.1) is 0 Å². The quantitative estimate of drug-likeness (QED) is 0.715.